The van der Waals surface area contributed by atoms with Crippen LogP contribution < -0.4 is 16.0 Å². The van der Waals surface area contributed by atoms with E-state index >= 15 is 0 Å². The number of carbonyl (C=O) groups excluding carboxylic acids is 4. The van der Waals surface area contributed by atoms with Crippen LogP contribution >= 0.6 is 11.3 Å². The fourth-order valence-electron chi connectivity index (χ4n) is 3.72. The lowest BCUT2D eigenvalue weighted by molar-refractivity contribution is -0.117. The lowest BCUT2D eigenvalue weighted by atomic mass is 10.1. The molecule has 224 valence electrons. The maximum atomic E-state index is 13.3. The molecule has 43 heavy (non-hydrogen) atoms. The molecule has 2 aromatic heterocycles. The highest BCUT2D eigenvalue weighted by Gasteiger charge is 2.25. The van der Waals surface area contributed by atoms with E-state index in [0.717, 1.165) is 16.9 Å². The van der Waals surface area contributed by atoms with Crippen LogP contribution in [0.5, 0.6) is 0 Å². The van der Waals surface area contributed by atoms with E-state index in [1.807, 2.05) is 13.0 Å². The molecule has 4 rings (SSSR count). The number of thiazole rings is 1. The third-order valence-corrected chi connectivity index (χ3v) is 6.90. The maximum Gasteiger partial charge on any atom is 0.408 e. The van der Waals surface area contributed by atoms with Crippen LogP contribution in [0.4, 0.5) is 9.93 Å². The average Bonchev–Trinajstić information content (AvgIpc) is 3.62. The number of aromatic nitrogens is 3. The zero-order chi connectivity index (χ0) is 30.8. The predicted molar refractivity (Wildman–Crippen MR) is 156 cm³/mol. The Labute approximate surface area is 251 Å². The Bertz CT molecular complexity index is 1590. The molecule has 0 bridgehead atoms. The Hall–Kier alpha value is -5.11. The number of anilines is 1. The number of nitrogens with one attached hydrogen (secondary N) is 3. The average molecular weight is 607 g/mol. The van der Waals surface area contributed by atoms with E-state index in [4.69, 9.17) is 14.0 Å². The van der Waals surface area contributed by atoms with Crippen molar-refractivity contribution in [2.75, 3.05) is 18.5 Å². The van der Waals surface area contributed by atoms with E-state index in [0.29, 0.717) is 29.4 Å². The van der Waals surface area contributed by atoms with Gasteiger partial charge in [0.1, 0.15) is 17.5 Å². The number of benzene rings is 2. The third kappa shape index (κ3) is 8.69. The number of ether oxygens (including phenoxy) is 2. The van der Waals surface area contributed by atoms with Crippen LogP contribution in [-0.2, 0) is 20.9 Å². The summed E-state index contributed by atoms with van der Waals surface area (Å²) in [6.45, 7) is 5.10. The highest BCUT2D eigenvalue weighted by atomic mass is 32.1. The summed E-state index contributed by atoms with van der Waals surface area (Å²) in [7, 11) is 0. The molecular weight excluding hydrogens is 576 g/mol. The molecule has 2 aromatic carbocycles. The smallest absolute Gasteiger partial charge is 0.408 e. The first-order valence-corrected chi connectivity index (χ1v) is 14.2. The molecule has 0 fully saturated rings. The summed E-state index contributed by atoms with van der Waals surface area (Å²) in [6.07, 6.45) is -0.208. The number of hydrogen-bond acceptors (Lipinski definition) is 11. The van der Waals surface area contributed by atoms with Gasteiger partial charge < -0.3 is 29.9 Å². The standard InChI is InChI=1S/C29H30N6O7S/c1-4-13-40-27(38)23-17(2)31-28(43-23)34-26(37)22(33-29(39)41-16-19-9-6-5-7-10-19)15-30-25(36)21-12-8-11-20(14-21)24-32-18(3)42-35-24/h5-12,14,22H,4,13,15-16H2,1-3H3,(H,30,36)(H,33,39)(H,31,34,37). The summed E-state index contributed by atoms with van der Waals surface area (Å²) >= 11 is 0.944. The Morgan fingerprint density at radius 3 is 2.51 bits per heavy atom. The van der Waals surface area contributed by atoms with Gasteiger partial charge >= 0.3 is 12.1 Å². The number of aryl methyl sites for hydroxylation is 2. The number of hydrogen-bond donors (Lipinski definition) is 3. The third-order valence-electron chi connectivity index (χ3n) is 5.85. The lowest BCUT2D eigenvalue weighted by Gasteiger charge is -2.18. The molecule has 14 heteroatoms. The van der Waals surface area contributed by atoms with E-state index in [-0.39, 0.29) is 35.3 Å². The van der Waals surface area contributed by atoms with Gasteiger partial charge in [-0.1, -0.05) is 65.9 Å². The van der Waals surface area contributed by atoms with E-state index < -0.39 is 29.9 Å². The van der Waals surface area contributed by atoms with Crippen molar-refractivity contribution in [2.45, 2.75) is 39.8 Å². The minimum Gasteiger partial charge on any atom is -0.461 e. The molecule has 0 aliphatic carbocycles. The second-order valence-electron chi connectivity index (χ2n) is 9.25. The Morgan fingerprint density at radius 1 is 1.00 bits per heavy atom. The SMILES string of the molecule is CCCOC(=O)c1sc(NC(=O)C(CNC(=O)c2cccc(-c3noc(C)n3)c2)NC(=O)OCc2ccccc2)nc1C. The summed E-state index contributed by atoms with van der Waals surface area (Å²) in [6, 6.07) is 14.3. The Morgan fingerprint density at radius 2 is 1.79 bits per heavy atom. The minimum atomic E-state index is -1.25. The van der Waals surface area contributed by atoms with Crippen molar-refractivity contribution in [3.8, 4) is 11.4 Å². The maximum absolute atomic E-state index is 13.3. The molecule has 0 radical (unpaired) electrons. The molecule has 1 unspecified atom stereocenters. The topological polar surface area (TPSA) is 175 Å². The summed E-state index contributed by atoms with van der Waals surface area (Å²) in [5, 5.41) is 11.7. The number of nitrogens with zero attached hydrogens (tertiary/aromatic N) is 3. The number of rotatable bonds is 12. The second-order valence-corrected chi connectivity index (χ2v) is 10.2. The fourth-order valence-corrected chi connectivity index (χ4v) is 4.58. The second kappa shape index (κ2) is 14.7. The molecule has 3 N–H and O–H groups in total. The van der Waals surface area contributed by atoms with Crippen LogP contribution in [0, 0.1) is 13.8 Å². The van der Waals surface area contributed by atoms with Crippen LogP contribution in [0.1, 0.15) is 50.5 Å². The molecule has 0 aliphatic rings. The number of amides is 3. The zero-order valence-electron chi connectivity index (χ0n) is 23.7. The molecule has 13 nitrogen and oxygen atoms in total. The highest BCUT2D eigenvalue weighted by molar-refractivity contribution is 7.17. The van der Waals surface area contributed by atoms with E-state index in [9.17, 15) is 19.2 Å². The molecule has 2 heterocycles. The van der Waals surface area contributed by atoms with Gasteiger partial charge in [0.15, 0.2) is 5.13 Å². The van der Waals surface area contributed by atoms with Crippen LogP contribution in [0.3, 0.4) is 0 Å². The predicted octanol–water partition coefficient (Wildman–Crippen LogP) is 4.04. The summed E-state index contributed by atoms with van der Waals surface area (Å²) in [5.74, 6) is -1.03. The monoisotopic (exact) mass is 606 g/mol. The minimum absolute atomic E-state index is 0.0232. The van der Waals surface area contributed by atoms with Gasteiger partial charge in [-0.3, -0.25) is 9.59 Å². The van der Waals surface area contributed by atoms with Gasteiger partial charge in [-0.05, 0) is 31.0 Å². The van der Waals surface area contributed by atoms with Gasteiger partial charge in [0.2, 0.25) is 11.7 Å². The molecule has 4 aromatic rings. The van der Waals surface area contributed by atoms with Crippen molar-refractivity contribution < 1.29 is 33.2 Å². The molecule has 1 atom stereocenters. The normalized spacial score (nSPS) is 11.3. The van der Waals surface area contributed by atoms with Crippen LogP contribution in [0.15, 0.2) is 59.1 Å². The first-order valence-electron chi connectivity index (χ1n) is 13.3. The summed E-state index contributed by atoms with van der Waals surface area (Å²) in [4.78, 5) is 59.9. The lowest BCUT2D eigenvalue weighted by Crippen LogP contribution is -2.50. The van der Waals surface area contributed by atoms with Crippen molar-refractivity contribution >= 4 is 40.3 Å². The van der Waals surface area contributed by atoms with E-state index in [2.05, 4.69) is 31.1 Å². The van der Waals surface area contributed by atoms with Crippen LogP contribution in [0.2, 0.25) is 0 Å². The Kier molecular flexibility index (Phi) is 10.5. The van der Waals surface area contributed by atoms with Gasteiger partial charge in [-0.2, -0.15) is 4.98 Å². The quantitative estimate of drug-likeness (QED) is 0.200. The van der Waals surface area contributed by atoms with Crippen LogP contribution in [-0.4, -0.2) is 58.2 Å². The van der Waals surface area contributed by atoms with Crippen molar-refractivity contribution in [3.05, 3.63) is 82.2 Å². The largest absolute Gasteiger partial charge is 0.461 e. The van der Waals surface area contributed by atoms with Gasteiger partial charge in [-0.15, -0.1) is 0 Å². The summed E-state index contributed by atoms with van der Waals surface area (Å²) in [5.41, 5.74) is 1.98. The zero-order valence-corrected chi connectivity index (χ0v) is 24.5. The molecule has 0 spiro atoms. The van der Waals surface area contributed by atoms with Crippen molar-refractivity contribution in [3.63, 3.8) is 0 Å². The van der Waals surface area contributed by atoms with E-state index in [1.165, 1.54) is 0 Å². The van der Waals surface area contributed by atoms with Gasteiger partial charge in [0.25, 0.3) is 11.8 Å². The molecular formula is C29H30N6O7S. The molecule has 0 saturated heterocycles. The highest BCUT2D eigenvalue weighted by Crippen LogP contribution is 2.24. The first kappa shape index (κ1) is 30.8. The van der Waals surface area contributed by atoms with Gasteiger partial charge in [0, 0.05) is 24.6 Å². The van der Waals surface area contributed by atoms with Crippen LogP contribution in [0.25, 0.3) is 11.4 Å². The number of carbonyl (C=O) groups is 4. The van der Waals surface area contributed by atoms with Gasteiger partial charge in [-0.25, -0.2) is 14.6 Å². The van der Waals surface area contributed by atoms with Crippen molar-refractivity contribution in [2.24, 2.45) is 0 Å². The Balaban J connectivity index is 1.45. The fraction of sp³-hybridized carbons (Fsp3) is 0.276. The van der Waals surface area contributed by atoms with Crippen molar-refractivity contribution in [1.29, 1.82) is 0 Å². The number of alkyl carbamates (subject to hydrolysis) is 1. The summed E-state index contributed by atoms with van der Waals surface area (Å²) < 4.78 is 15.4. The molecule has 0 aliphatic heterocycles. The van der Waals surface area contributed by atoms with Gasteiger partial charge in [0.05, 0.1) is 12.3 Å². The van der Waals surface area contributed by atoms with E-state index in [1.54, 1.807) is 62.4 Å². The number of esters is 1. The first-order chi connectivity index (χ1) is 20.7. The van der Waals surface area contributed by atoms with Crippen molar-refractivity contribution in [1.82, 2.24) is 25.8 Å². The molecule has 3 amide bonds. The molecule has 0 saturated carbocycles.